The third-order valence-electron chi connectivity index (χ3n) is 7.00. The van der Waals surface area contributed by atoms with Crippen molar-refractivity contribution in [2.24, 2.45) is 5.92 Å². The maximum atomic E-state index is 11.2. The molecule has 3 rings (SSSR count). The van der Waals surface area contributed by atoms with Crippen LogP contribution in [0.5, 0.6) is 0 Å². The fourth-order valence-corrected chi connectivity index (χ4v) is 5.10. The van der Waals surface area contributed by atoms with Crippen LogP contribution < -0.4 is 5.32 Å². The number of allylic oxidation sites excluding steroid dienone is 1. The van der Waals surface area contributed by atoms with E-state index in [0.29, 0.717) is 18.9 Å². The molecule has 196 valence electrons. The van der Waals surface area contributed by atoms with Gasteiger partial charge in [-0.15, -0.1) is 0 Å². The highest BCUT2D eigenvalue weighted by molar-refractivity contribution is 5.69. The summed E-state index contributed by atoms with van der Waals surface area (Å²) in [6.45, 7) is 7.24. The highest BCUT2D eigenvalue weighted by atomic mass is 16.5. The number of aliphatic hydroxyl groups is 1. The van der Waals surface area contributed by atoms with Gasteiger partial charge in [-0.25, -0.2) is 0 Å². The molecule has 5 heteroatoms. The Labute approximate surface area is 216 Å². The van der Waals surface area contributed by atoms with E-state index >= 15 is 0 Å². The first-order valence-corrected chi connectivity index (χ1v) is 13.2. The summed E-state index contributed by atoms with van der Waals surface area (Å²) in [4.78, 5) is 11.2. The van der Waals surface area contributed by atoms with Gasteiger partial charge in [0.05, 0.1) is 25.9 Å². The van der Waals surface area contributed by atoms with Crippen LogP contribution in [-0.2, 0) is 27.1 Å². The number of nitrogens with one attached hydrogen (secondary N) is 1. The third kappa shape index (κ3) is 8.88. The summed E-state index contributed by atoms with van der Waals surface area (Å²) in [5.74, 6) is 0.467. The first-order chi connectivity index (χ1) is 17.3. The van der Waals surface area contributed by atoms with Gasteiger partial charge in [0.2, 0.25) is 0 Å². The fourth-order valence-electron chi connectivity index (χ4n) is 5.10. The Bertz CT molecular complexity index is 975. The molecule has 1 aliphatic rings. The molecule has 2 atom stereocenters. The van der Waals surface area contributed by atoms with Crippen LogP contribution in [-0.4, -0.2) is 43.0 Å². The molecule has 0 heterocycles. The molecule has 36 heavy (non-hydrogen) atoms. The highest BCUT2D eigenvalue weighted by Crippen LogP contribution is 2.32. The van der Waals surface area contributed by atoms with E-state index in [4.69, 9.17) is 4.74 Å². The number of hydrogen-bond acceptors (Lipinski definition) is 5. The minimum atomic E-state index is -0.575. The van der Waals surface area contributed by atoms with Crippen LogP contribution in [0, 0.1) is 5.92 Å². The lowest BCUT2D eigenvalue weighted by molar-refractivity contribution is -0.140. The molecule has 2 aromatic rings. The second-order valence-electron chi connectivity index (χ2n) is 10.6. The van der Waals surface area contributed by atoms with Crippen molar-refractivity contribution in [1.29, 1.82) is 0 Å². The van der Waals surface area contributed by atoms with Gasteiger partial charge in [-0.05, 0) is 81.0 Å². The molecule has 5 nitrogen and oxygen atoms in total. The first-order valence-electron chi connectivity index (χ1n) is 13.2. The molecule has 2 N–H and O–H groups in total. The molecule has 0 amide bonds. The number of fused-ring (bicyclic) bond motifs is 1. The van der Waals surface area contributed by atoms with Crippen LogP contribution >= 0.6 is 0 Å². The van der Waals surface area contributed by atoms with E-state index in [0.717, 1.165) is 43.2 Å². The van der Waals surface area contributed by atoms with Gasteiger partial charge in [0.1, 0.15) is 0 Å². The van der Waals surface area contributed by atoms with Crippen LogP contribution in [0.3, 0.4) is 0 Å². The number of carbonyl (C=O) groups excluding carboxylic acids is 1. The van der Waals surface area contributed by atoms with E-state index in [1.807, 2.05) is 19.1 Å². The van der Waals surface area contributed by atoms with E-state index in [1.54, 1.807) is 0 Å². The second-order valence-corrected chi connectivity index (χ2v) is 10.6. The highest BCUT2D eigenvalue weighted by Gasteiger charge is 2.28. The molecule has 0 saturated carbocycles. The average Bonchev–Trinajstić information content (AvgIpc) is 3.27. The largest absolute Gasteiger partial charge is 0.469 e. The molecule has 1 aliphatic carbocycles. The zero-order chi connectivity index (χ0) is 26.0. The SMILES string of the molecule is COC(=O)CCC/C=C/c1ccccc1[C@@H](C)OC[C@H](O)CNC(C)(C)CC1Cc2ccccc2C1. The van der Waals surface area contributed by atoms with Crippen molar-refractivity contribution in [2.45, 2.75) is 77.0 Å². The van der Waals surface area contributed by atoms with Crippen LogP contribution in [0.25, 0.3) is 6.08 Å². The quantitative estimate of drug-likeness (QED) is 0.263. The van der Waals surface area contributed by atoms with Crippen molar-refractivity contribution in [3.63, 3.8) is 0 Å². The van der Waals surface area contributed by atoms with Crippen molar-refractivity contribution in [1.82, 2.24) is 5.32 Å². The summed E-state index contributed by atoms with van der Waals surface area (Å²) in [5.41, 5.74) is 5.09. The zero-order valence-corrected chi connectivity index (χ0v) is 22.3. The normalized spacial score (nSPS) is 15.7. The van der Waals surface area contributed by atoms with Crippen LogP contribution in [0.4, 0.5) is 0 Å². The minimum absolute atomic E-state index is 0.0510. The number of rotatable bonds is 14. The molecule has 0 unspecified atom stereocenters. The van der Waals surface area contributed by atoms with Gasteiger partial charge in [0, 0.05) is 18.5 Å². The fraction of sp³-hybridized carbons (Fsp3) is 0.516. The monoisotopic (exact) mass is 493 g/mol. The summed E-state index contributed by atoms with van der Waals surface area (Å²) in [5, 5.41) is 14.2. The van der Waals surface area contributed by atoms with Gasteiger partial charge in [0.25, 0.3) is 0 Å². The smallest absolute Gasteiger partial charge is 0.305 e. The van der Waals surface area contributed by atoms with Gasteiger partial charge in [-0.1, -0.05) is 60.7 Å². The lowest BCUT2D eigenvalue weighted by atomic mass is 9.88. The summed E-state index contributed by atoms with van der Waals surface area (Å²) in [7, 11) is 1.42. The molecule has 0 spiro atoms. The van der Waals surface area contributed by atoms with E-state index < -0.39 is 6.10 Å². The van der Waals surface area contributed by atoms with Gasteiger partial charge < -0.3 is 19.9 Å². The molecular formula is C31H43NO4. The van der Waals surface area contributed by atoms with Gasteiger partial charge in [-0.3, -0.25) is 4.79 Å². The van der Waals surface area contributed by atoms with E-state index in [2.05, 4.69) is 72.5 Å². The number of unbranched alkanes of at least 4 members (excludes halogenated alkanes) is 1. The lowest BCUT2D eigenvalue weighted by Gasteiger charge is -2.31. The second kappa shape index (κ2) is 13.7. The van der Waals surface area contributed by atoms with Crippen molar-refractivity contribution < 1.29 is 19.4 Å². The lowest BCUT2D eigenvalue weighted by Crippen LogP contribution is -2.45. The maximum Gasteiger partial charge on any atom is 0.305 e. The Morgan fingerprint density at radius 2 is 1.81 bits per heavy atom. The summed E-state index contributed by atoms with van der Waals surface area (Å²) in [6.07, 6.45) is 8.81. The van der Waals surface area contributed by atoms with Gasteiger partial charge >= 0.3 is 5.97 Å². The Hall–Kier alpha value is -2.47. The van der Waals surface area contributed by atoms with Crippen molar-refractivity contribution in [3.05, 3.63) is 76.9 Å². The predicted molar refractivity (Wildman–Crippen MR) is 146 cm³/mol. The van der Waals surface area contributed by atoms with Crippen molar-refractivity contribution >= 4 is 12.0 Å². The molecule has 0 saturated heterocycles. The summed E-state index contributed by atoms with van der Waals surface area (Å²) >= 11 is 0. The van der Waals surface area contributed by atoms with Crippen LogP contribution in [0.15, 0.2) is 54.6 Å². The maximum absolute atomic E-state index is 11.2. The van der Waals surface area contributed by atoms with Crippen molar-refractivity contribution in [2.75, 3.05) is 20.3 Å². The van der Waals surface area contributed by atoms with Gasteiger partial charge in [0.15, 0.2) is 0 Å². The number of ether oxygens (including phenoxy) is 2. The van der Waals surface area contributed by atoms with E-state index in [9.17, 15) is 9.90 Å². The minimum Gasteiger partial charge on any atom is -0.469 e. The Morgan fingerprint density at radius 1 is 1.14 bits per heavy atom. The Kier molecular flexibility index (Phi) is 10.7. The number of β-amino-alcohol motifs (C(OH)–C–C–N with tert-alkyl or cyclic N) is 1. The molecule has 0 radical (unpaired) electrons. The molecular weight excluding hydrogens is 450 g/mol. The topological polar surface area (TPSA) is 67.8 Å². The molecule has 0 fully saturated rings. The zero-order valence-electron chi connectivity index (χ0n) is 22.3. The van der Waals surface area contributed by atoms with Crippen LogP contribution in [0.1, 0.15) is 74.8 Å². The third-order valence-corrected chi connectivity index (χ3v) is 7.00. The number of hydrogen-bond donors (Lipinski definition) is 2. The number of aliphatic hydroxyl groups excluding tert-OH is 1. The van der Waals surface area contributed by atoms with E-state index in [1.165, 1.54) is 18.2 Å². The van der Waals surface area contributed by atoms with Crippen LogP contribution in [0.2, 0.25) is 0 Å². The standard InChI is InChI=1S/C31H43NO4/c1-23(29-16-11-10-13-25(29)12-6-5-7-17-30(34)35-4)36-22-28(33)21-32-31(2,3)20-24-18-26-14-8-9-15-27(26)19-24/h6,8-16,23-24,28,32-33H,5,7,17-22H2,1-4H3/b12-6+/t23-,28-/m1/s1. The van der Waals surface area contributed by atoms with Gasteiger partial charge in [-0.2, -0.15) is 0 Å². The molecule has 2 aromatic carbocycles. The average molecular weight is 494 g/mol. The number of esters is 1. The summed E-state index contributed by atoms with van der Waals surface area (Å²) in [6, 6.07) is 16.9. The Morgan fingerprint density at radius 3 is 2.50 bits per heavy atom. The first kappa shape index (κ1) is 28.1. The molecule has 0 aliphatic heterocycles. The predicted octanol–water partition coefficient (Wildman–Crippen LogP) is 5.65. The number of benzene rings is 2. The molecule has 0 aromatic heterocycles. The summed E-state index contributed by atoms with van der Waals surface area (Å²) < 4.78 is 10.7. The number of carbonyl (C=O) groups is 1. The van der Waals surface area contributed by atoms with E-state index in [-0.39, 0.29) is 24.2 Å². The molecule has 0 bridgehead atoms. The van der Waals surface area contributed by atoms with Crippen molar-refractivity contribution in [3.8, 4) is 0 Å². The number of methoxy groups -OCH3 is 1. The Balaban J connectivity index is 1.41.